The summed E-state index contributed by atoms with van der Waals surface area (Å²) in [5.74, 6) is 0.0590. The van der Waals surface area contributed by atoms with E-state index in [4.69, 9.17) is 9.47 Å². The molecule has 3 aromatic rings. The molecule has 0 N–H and O–H groups in total. The van der Waals surface area contributed by atoms with Crippen molar-refractivity contribution in [1.82, 2.24) is 9.97 Å². The van der Waals surface area contributed by atoms with Gasteiger partial charge in [0.05, 0.1) is 11.6 Å². The van der Waals surface area contributed by atoms with Crippen LogP contribution in [0.5, 0.6) is 11.5 Å². The number of benzene rings is 2. The normalized spacial score (nSPS) is 10.5. The first kappa shape index (κ1) is 18.3. The molecular formula is C21H18N2O4. The highest BCUT2D eigenvalue weighted by Gasteiger charge is 2.19. The van der Waals surface area contributed by atoms with E-state index in [1.54, 1.807) is 42.9 Å². The van der Waals surface area contributed by atoms with Crippen molar-refractivity contribution in [1.29, 1.82) is 0 Å². The molecule has 0 bridgehead atoms. The van der Waals surface area contributed by atoms with E-state index in [9.17, 15) is 9.59 Å². The molecule has 0 radical (unpaired) electrons. The van der Waals surface area contributed by atoms with Crippen molar-refractivity contribution in [3.63, 3.8) is 0 Å². The van der Waals surface area contributed by atoms with Crippen molar-refractivity contribution in [3.8, 4) is 11.5 Å². The van der Waals surface area contributed by atoms with E-state index in [-0.39, 0.29) is 17.9 Å². The second-order valence-electron chi connectivity index (χ2n) is 5.89. The van der Waals surface area contributed by atoms with Gasteiger partial charge in [-0.15, -0.1) is 0 Å². The third-order valence-corrected chi connectivity index (χ3v) is 3.83. The second kappa shape index (κ2) is 8.23. The van der Waals surface area contributed by atoms with Gasteiger partial charge in [-0.25, -0.2) is 0 Å². The number of rotatable bonds is 5. The molecule has 0 aliphatic rings. The van der Waals surface area contributed by atoms with Gasteiger partial charge in [0.15, 0.2) is 0 Å². The zero-order valence-corrected chi connectivity index (χ0v) is 15.0. The third-order valence-electron chi connectivity index (χ3n) is 3.83. The average Bonchev–Trinajstić information content (AvgIpc) is 2.65. The lowest BCUT2D eigenvalue weighted by atomic mass is 9.88. The highest BCUT2D eigenvalue weighted by molar-refractivity contribution is 5.69. The van der Waals surface area contributed by atoms with Crippen molar-refractivity contribution in [2.45, 2.75) is 19.8 Å². The van der Waals surface area contributed by atoms with Gasteiger partial charge >= 0.3 is 11.9 Å². The van der Waals surface area contributed by atoms with Crippen LogP contribution in [0.4, 0.5) is 0 Å². The van der Waals surface area contributed by atoms with Gasteiger partial charge < -0.3 is 9.47 Å². The minimum absolute atomic E-state index is 0.170. The van der Waals surface area contributed by atoms with Crippen LogP contribution < -0.4 is 9.47 Å². The lowest BCUT2D eigenvalue weighted by molar-refractivity contribution is -0.132. The fourth-order valence-electron chi connectivity index (χ4n) is 2.78. The van der Waals surface area contributed by atoms with E-state index in [0.29, 0.717) is 11.5 Å². The van der Waals surface area contributed by atoms with E-state index in [0.717, 1.165) is 16.8 Å². The Bertz CT molecular complexity index is 863. The minimum atomic E-state index is -0.366. The van der Waals surface area contributed by atoms with Crippen molar-refractivity contribution < 1.29 is 19.1 Å². The average molecular weight is 362 g/mol. The predicted octanol–water partition coefficient (Wildman–Crippen LogP) is 3.51. The smallest absolute Gasteiger partial charge is 0.308 e. The standard InChI is InChI=1S/C21H18N2O4/c1-14(24)26-18-7-3-16(4-8-18)21(20-13-22-11-12-23-20)17-5-9-19(10-6-17)27-15(2)25/h3-13,21H,1-2H3. The summed E-state index contributed by atoms with van der Waals surface area (Å²) in [6, 6.07) is 14.5. The Hall–Kier alpha value is -3.54. The first-order valence-corrected chi connectivity index (χ1v) is 8.35. The molecule has 0 saturated heterocycles. The molecule has 6 heteroatoms. The van der Waals surface area contributed by atoms with Crippen LogP contribution >= 0.6 is 0 Å². The number of ether oxygens (including phenoxy) is 2. The van der Waals surface area contributed by atoms with E-state index < -0.39 is 0 Å². The van der Waals surface area contributed by atoms with Gasteiger partial charge in [-0.1, -0.05) is 24.3 Å². The molecule has 0 saturated carbocycles. The van der Waals surface area contributed by atoms with Gasteiger partial charge in [0, 0.05) is 32.4 Å². The molecule has 0 aliphatic carbocycles. The Morgan fingerprint density at radius 2 is 1.26 bits per heavy atom. The molecule has 0 unspecified atom stereocenters. The first-order valence-electron chi connectivity index (χ1n) is 8.35. The third kappa shape index (κ3) is 4.76. The quantitative estimate of drug-likeness (QED) is 0.510. The van der Waals surface area contributed by atoms with Crippen molar-refractivity contribution in [3.05, 3.63) is 83.9 Å². The summed E-state index contributed by atoms with van der Waals surface area (Å²) in [7, 11) is 0. The lowest BCUT2D eigenvalue weighted by Gasteiger charge is -2.18. The summed E-state index contributed by atoms with van der Waals surface area (Å²) < 4.78 is 10.2. The van der Waals surface area contributed by atoms with Gasteiger partial charge in [0.25, 0.3) is 0 Å². The van der Waals surface area contributed by atoms with Crippen LogP contribution in [0, 0.1) is 0 Å². The van der Waals surface area contributed by atoms with Gasteiger partial charge in [-0.3, -0.25) is 19.6 Å². The van der Waals surface area contributed by atoms with Crippen molar-refractivity contribution in [2.24, 2.45) is 0 Å². The Labute approximate surface area is 156 Å². The number of carbonyl (C=O) groups is 2. The van der Waals surface area contributed by atoms with Gasteiger partial charge in [-0.05, 0) is 35.4 Å². The number of nitrogens with zero attached hydrogens (tertiary/aromatic N) is 2. The number of hydrogen-bond acceptors (Lipinski definition) is 6. The monoisotopic (exact) mass is 362 g/mol. The minimum Gasteiger partial charge on any atom is -0.427 e. The second-order valence-corrected chi connectivity index (χ2v) is 5.89. The van der Waals surface area contributed by atoms with E-state index in [1.807, 2.05) is 24.3 Å². The molecule has 0 spiro atoms. The number of esters is 2. The van der Waals surface area contributed by atoms with Crippen LogP contribution in [0.25, 0.3) is 0 Å². The van der Waals surface area contributed by atoms with Crippen LogP contribution in [-0.2, 0) is 9.59 Å². The number of carbonyl (C=O) groups excluding carboxylic acids is 2. The molecule has 27 heavy (non-hydrogen) atoms. The topological polar surface area (TPSA) is 78.4 Å². The Morgan fingerprint density at radius 3 is 1.63 bits per heavy atom. The molecule has 0 amide bonds. The molecular weight excluding hydrogens is 344 g/mol. The highest BCUT2D eigenvalue weighted by atomic mass is 16.5. The van der Waals surface area contributed by atoms with Crippen LogP contribution in [0.15, 0.2) is 67.1 Å². The summed E-state index contributed by atoms with van der Waals surface area (Å²) in [5.41, 5.74) is 2.70. The van der Waals surface area contributed by atoms with Crippen molar-refractivity contribution >= 4 is 11.9 Å². The predicted molar refractivity (Wildman–Crippen MR) is 98.5 cm³/mol. The van der Waals surface area contributed by atoms with Crippen molar-refractivity contribution in [2.75, 3.05) is 0 Å². The largest absolute Gasteiger partial charge is 0.427 e. The van der Waals surface area contributed by atoms with Crippen LogP contribution in [0.1, 0.15) is 36.6 Å². The fourth-order valence-corrected chi connectivity index (χ4v) is 2.78. The molecule has 1 heterocycles. The molecule has 6 nitrogen and oxygen atoms in total. The molecule has 136 valence electrons. The van der Waals surface area contributed by atoms with E-state index in [2.05, 4.69) is 9.97 Å². The van der Waals surface area contributed by atoms with Crippen LogP contribution in [0.2, 0.25) is 0 Å². The summed E-state index contributed by atoms with van der Waals surface area (Å²) >= 11 is 0. The highest BCUT2D eigenvalue weighted by Crippen LogP contribution is 2.32. The van der Waals surface area contributed by atoms with Gasteiger partial charge in [0.2, 0.25) is 0 Å². The summed E-state index contributed by atoms with van der Waals surface area (Å²) in [6.45, 7) is 2.72. The molecule has 0 aliphatic heterocycles. The fraction of sp³-hybridized carbons (Fsp3) is 0.143. The summed E-state index contributed by atoms with van der Waals surface area (Å²) in [5, 5.41) is 0. The maximum Gasteiger partial charge on any atom is 0.308 e. The number of aromatic nitrogens is 2. The molecule has 0 atom stereocenters. The molecule has 2 aromatic carbocycles. The SMILES string of the molecule is CC(=O)Oc1ccc(C(c2ccc(OC(C)=O)cc2)c2cnccn2)cc1. The Morgan fingerprint density at radius 1 is 0.778 bits per heavy atom. The first-order chi connectivity index (χ1) is 13.0. The zero-order chi connectivity index (χ0) is 19.2. The maximum atomic E-state index is 11.1. The molecule has 1 aromatic heterocycles. The summed E-state index contributed by atoms with van der Waals surface area (Å²) in [4.78, 5) is 30.8. The molecule has 0 fully saturated rings. The maximum absolute atomic E-state index is 11.1. The molecule has 3 rings (SSSR count). The number of hydrogen-bond donors (Lipinski definition) is 0. The Kier molecular flexibility index (Phi) is 5.56. The zero-order valence-electron chi connectivity index (χ0n) is 15.0. The van der Waals surface area contributed by atoms with Crippen LogP contribution in [-0.4, -0.2) is 21.9 Å². The van der Waals surface area contributed by atoms with Crippen LogP contribution in [0.3, 0.4) is 0 Å². The van der Waals surface area contributed by atoms with Gasteiger partial charge in [0.1, 0.15) is 11.5 Å². The Balaban J connectivity index is 1.97. The van der Waals surface area contributed by atoms with E-state index >= 15 is 0 Å². The lowest BCUT2D eigenvalue weighted by Crippen LogP contribution is -2.07. The summed E-state index contributed by atoms with van der Waals surface area (Å²) in [6.07, 6.45) is 4.97. The van der Waals surface area contributed by atoms with Gasteiger partial charge in [-0.2, -0.15) is 0 Å². The van der Waals surface area contributed by atoms with E-state index in [1.165, 1.54) is 13.8 Å².